The number of pyridine rings is 1. The highest BCUT2D eigenvalue weighted by Crippen LogP contribution is 2.36. The number of carbonyl (C=O) groups excluding carboxylic acids is 1. The Kier molecular flexibility index (Phi) is 3.28. The quantitative estimate of drug-likeness (QED) is 0.674. The van der Waals surface area contributed by atoms with Crippen LogP contribution < -0.4 is 11.2 Å². The molecule has 3 aromatic heterocycles. The molecular weight excluding hydrogens is 326 g/mol. The van der Waals surface area contributed by atoms with Crippen molar-refractivity contribution in [2.75, 3.05) is 0 Å². The van der Waals surface area contributed by atoms with Crippen molar-refractivity contribution in [1.29, 1.82) is 0 Å². The molecule has 0 spiro atoms. The molecule has 0 saturated heterocycles. The molecule has 1 aliphatic rings. The Hall–Kier alpha value is -2.54. The summed E-state index contributed by atoms with van der Waals surface area (Å²) in [4.78, 5) is 42.7. The Balaban J connectivity index is 2.04. The van der Waals surface area contributed by atoms with Crippen LogP contribution in [-0.4, -0.2) is 19.9 Å². The van der Waals surface area contributed by atoms with Gasteiger partial charge in [0.1, 0.15) is 5.65 Å². The third-order valence-electron chi connectivity index (χ3n) is 4.70. The van der Waals surface area contributed by atoms with Gasteiger partial charge >= 0.3 is 5.69 Å². The Labute approximate surface area is 141 Å². The minimum absolute atomic E-state index is 0.0000406. The zero-order valence-electron chi connectivity index (χ0n) is 13.3. The van der Waals surface area contributed by atoms with Crippen molar-refractivity contribution in [3.63, 3.8) is 0 Å². The molecule has 1 aliphatic carbocycles. The SMILES string of the molecule is Cn1c(=O)c2c3c(cnc2n(C)c1=O)C(=O)C[C@@H](c1cccs1)C3. The highest BCUT2D eigenvalue weighted by molar-refractivity contribution is 7.10. The molecule has 3 heterocycles. The maximum absolute atomic E-state index is 12.7. The second kappa shape index (κ2) is 5.24. The van der Waals surface area contributed by atoms with Gasteiger partial charge in [-0.05, 0) is 23.4 Å². The normalized spacial score (nSPS) is 17.2. The highest BCUT2D eigenvalue weighted by Gasteiger charge is 2.30. The van der Waals surface area contributed by atoms with E-state index >= 15 is 0 Å². The molecule has 0 saturated carbocycles. The van der Waals surface area contributed by atoms with Crippen LogP contribution in [0, 0.1) is 0 Å². The molecule has 0 radical (unpaired) electrons. The van der Waals surface area contributed by atoms with Crippen molar-refractivity contribution in [1.82, 2.24) is 14.1 Å². The second-order valence-corrected chi connectivity index (χ2v) is 7.08. The minimum atomic E-state index is -0.420. The molecule has 0 bridgehead atoms. The van der Waals surface area contributed by atoms with E-state index in [2.05, 4.69) is 4.98 Å². The van der Waals surface area contributed by atoms with E-state index in [1.165, 1.54) is 17.8 Å². The number of aromatic nitrogens is 3. The topological polar surface area (TPSA) is 74.0 Å². The summed E-state index contributed by atoms with van der Waals surface area (Å²) in [6.45, 7) is 0. The van der Waals surface area contributed by atoms with Crippen LogP contribution >= 0.6 is 11.3 Å². The van der Waals surface area contributed by atoms with Gasteiger partial charge in [-0.3, -0.25) is 18.7 Å². The molecule has 4 rings (SSSR count). The number of thiophene rings is 1. The van der Waals surface area contributed by atoms with Crippen LogP contribution in [0.3, 0.4) is 0 Å². The molecule has 0 fully saturated rings. The number of hydrogen-bond donors (Lipinski definition) is 0. The van der Waals surface area contributed by atoms with E-state index < -0.39 is 11.2 Å². The van der Waals surface area contributed by atoms with Gasteiger partial charge in [0.25, 0.3) is 5.56 Å². The van der Waals surface area contributed by atoms with E-state index in [0.29, 0.717) is 35.0 Å². The smallest absolute Gasteiger partial charge is 0.294 e. The molecular formula is C17H15N3O3S. The average molecular weight is 341 g/mol. The van der Waals surface area contributed by atoms with Crippen LogP contribution in [-0.2, 0) is 20.5 Å². The third kappa shape index (κ3) is 2.01. The minimum Gasteiger partial charge on any atom is -0.294 e. The highest BCUT2D eigenvalue weighted by atomic mass is 32.1. The van der Waals surface area contributed by atoms with Crippen LogP contribution in [0.25, 0.3) is 11.0 Å². The molecule has 0 N–H and O–H groups in total. The van der Waals surface area contributed by atoms with Gasteiger partial charge in [-0.1, -0.05) is 6.07 Å². The average Bonchev–Trinajstić information content (AvgIpc) is 3.11. The van der Waals surface area contributed by atoms with Crippen LogP contribution in [0.15, 0.2) is 33.3 Å². The maximum Gasteiger partial charge on any atom is 0.332 e. The molecule has 0 aliphatic heterocycles. The molecule has 122 valence electrons. The van der Waals surface area contributed by atoms with Crippen LogP contribution in [0.5, 0.6) is 0 Å². The molecule has 6 nitrogen and oxygen atoms in total. The molecule has 0 aromatic carbocycles. The number of fused-ring (bicyclic) bond motifs is 3. The van der Waals surface area contributed by atoms with E-state index in [1.54, 1.807) is 18.4 Å². The standard InChI is InChI=1S/C17H15N3O3S/c1-19-15-14(16(22)20(2)17(19)23)10-6-9(13-4-3-5-24-13)7-12(21)11(10)8-18-15/h3-5,8-9H,6-7H2,1-2H3/t9-/m0/s1. The molecule has 3 aromatic rings. The summed E-state index contributed by atoms with van der Waals surface area (Å²) in [5, 5.41) is 2.37. The monoisotopic (exact) mass is 341 g/mol. The zero-order valence-corrected chi connectivity index (χ0v) is 14.1. The summed E-state index contributed by atoms with van der Waals surface area (Å²) >= 11 is 1.62. The van der Waals surface area contributed by atoms with Crippen molar-refractivity contribution in [2.24, 2.45) is 14.1 Å². The van der Waals surface area contributed by atoms with Crippen molar-refractivity contribution in [3.8, 4) is 0 Å². The number of nitrogens with zero attached hydrogens (tertiary/aromatic N) is 3. The number of rotatable bonds is 1. The fourth-order valence-corrected chi connectivity index (χ4v) is 4.25. The second-order valence-electron chi connectivity index (χ2n) is 6.10. The first-order valence-corrected chi connectivity index (χ1v) is 8.51. The first kappa shape index (κ1) is 15.0. The fourth-order valence-electron chi connectivity index (χ4n) is 3.42. The van der Waals surface area contributed by atoms with Gasteiger partial charge in [-0.25, -0.2) is 9.78 Å². The van der Waals surface area contributed by atoms with E-state index in [-0.39, 0.29) is 11.7 Å². The summed E-state index contributed by atoms with van der Waals surface area (Å²) in [5.74, 6) is 0.0671. The van der Waals surface area contributed by atoms with Gasteiger partial charge in [0.05, 0.1) is 5.39 Å². The van der Waals surface area contributed by atoms with E-state index in [1.807, 2.05) is 17.5 Å². The molecule has 0 unspecified atom stereocenters. The van der Waals surface area contributed by atoms with Crippen LogP contribution in [0.2, 0.25) is 0 Å². The summed E-state index contributed by atoms with van der Waals surface area (Å²) in [6.07, 6.45) is 2.53. The van der Waals surface area contributed by atoms with E-state index in [9.17, 15) is 14.4 Å². The lowest BCUT2D eigenvalue weighted by Gasteiger charge is -2.24. The fraction of sp³-hybridized carbons (Fsp3) is 0.294. The number of ketones is 1. The van der Waals surface area contributed by atoms with Gasteiger partial charge in [0.2, 0.25) is 0 Å². The Bertz CT molecular complexity index is 1090. The zero-order chi connectivity index (χ0) is 17.0. The molecule has 7 heteroatoms. The Morgan fingerprint density at radius 1 is 1.17 bits per heavy atom. The predicted molar refractivity (Wildman–Crippen MR) is 91.9 cm³/mol. The molecule has 24 heavy (non-hydrogen) atoms. The van der Waals surface area contributed by atoms with Crippen molar-refractivity contribution >= 4 is 28.2 Å². The van der Waals surface area contributed by atoms with Crippen molar-refractivity contribution in [3.05, 3.63) is 60.6 Å². The lowest BCUT2D eigenvalue weighted by atomic mass is 9.82. The van der Waals surface area contributed by atoms with Crippen LogP contribution in [0.4, 0.5) is 0 Å². The number of Topliss-reactive ketones (excluding diaryl/α,β-unsaturated/α-hetero) is 1. The van der Waals surface area contributed by atoms with Gasteiger partial charge in [-0.2, -0.15) is 0 Å². The van der Waals surface area contributed by atoms with E-state index in [4.69, 9.17) is 0 Å². The van der Waals surface area contributed by atoms with Gasteiger partial charge < -0.3 is 0 Å². The first-order chi connectivity index (χ1) is 11.5. The molecule has 0 amide bonds. The largest absolute Gasteiger partial charge is 0.332 e. The van der Waals surface area contributed by atoms with Crippen molar-refractivity contribution < 1.29 is 4.79 Å². The predicted octanol–water partition coefficient (Wildman–Crippen LogP) is 1.61. The summed E-state index contributed by atoms with van der Waals surface area (Å²) in [6, 6.07) is 3.98. The van der Waals surface area contributed by atoms with Crippen LogP contribution in [0.1, 0.15) is 33.1 Å². The van der Waals surface area contributed by atoms with Gasteiger partial charge in [0.15, 0.2) is 5.78 Å². The lowest BCUT2D eigenvalue weighted by molar-refractivity contribution is 0.0964. The third-order valence-corrected chi connectivity index (χ3v) is 5.74. The summed E-state index contributed by atoms with van der Waals surface area (Å²) in [5.41, 5.74) is 0.743. The summed E-state index contributed by atoms with van der Waals surface area (Å²) in [7, 11) is 3.04. The van der Waals surface area contributed by atoms with Gasteiger partial charge in [-0.15, -0.1) is 11.3 Å². The Morgan fingerprint density at radius 2 is 1.96 bits per heavy atom. The number of carbonyl (C=O) groups is 1. The first-order valence-electron chi connectivity index (χ1n) is 7.63. The number of hydrogen-bond acceptors (Lipinski definition) is 5. The maximum atomic E-state index is 12.7. The Morgan fingerprint density at radius 3 is 2.67 bits per heavy atom. The van der Waals surface area contributed by atoms with Crippen molar-refractivity contribution in [2.45, 2.75) is 18.8 Å². The molecule has 1 atom stereocenters. The lowest BCUT2D eigenvalue weighted by Crippen LogP contribution is -2.38. The van der Waals surface area contributed by atoms with E-state index in [0.717, 1.165) is 9.44 Å². The summed E-state index contributed by atoms with van der Waals surface area (Å²) < 4.78 is 2.43. The van der Waals surface area contributed by atoms with Gasteiger partial charge in [0, 0.05) is 43.1 Å². The number of aryl methyl sites for hydroxylation is 1.